The Kier molecular flexibility index (Phi) is 6.05. The molecule has 0 bridgehead atoms. The number of imide groups is 1. The van der Waals surface area contributed by atoms with Gasteiger partial charge in [0.2, 0.25) is 0 Å². The summed E-state index contributed by atoms with van der Waals surface area (Å²) in [5, 5.41) is 0. The molecule has 35 heavy (non-hydrogen) atoms. The lowest BCUT2D eigenvalue weighted by atomic mass is 9.63. The maximum absolute atomic E-state index is 15.1. The third-order valence-corrected chi connectivity index (χ3v) is 6.83. The van der Waals surface area contributed by atoms with Gasteiger partial charge >= 0.3 is 13.1 Å². The maximum atomic E-state index is 15.1. The monoisotopic (exact) mass is 489 g/mol. The van der Waals surface area contributed by atoms with Crippen molar-refractivity contribution < 1.29 is 41.6 Å². The minimum atomic E-state index is -1.89. The molecule has 1 saturated heterocycles. The van der Waals surface area contributed by atoms with E-state index in [1.165, 1.54) is 24.3 Å². The van der Waals surface area contributed by atoms with Crippen molar-refractivity contribution in [2.45, 2.75) is 50.8 Å². The third-order valence-electron chi connectivity index (χ3n) is 6.83. The van der Waals surface area contributed by atoms with Gasteiger partial charge in [-0.1, -0.05) is 12.1 Å². The zero-order valence-electron chi connectivity index (χ0n) is 19.7. The van der Waals surface area contributed by atoms with E-state index in [0.29, 0.717) is 17.0 Å². The lowest BCUT2D eigenvalue weighted by molar-refractivity contribution is -0.145. The zero-order valence-corrected chi connectivity index (χ0v) is 19.7. The van der Waals surface area contributed by atoms with Crippen LogP contribution in [-0.2, 0) is 18.8 Å². The minimum Gasteiger partial charge on any atom is -0.467 e. The number of fused-ring (bicyclic) bond motifs is 1. The van der Waals surface area contributed by atoms with E-state index < -0.39 is 71.0 Å². The Morgan fingerprint density at radius 1 is 0.943 bits per heavy atom. The highest BCUT2D eigenvalue weighted by atomic mass is 19.1. The molecular weight excluding hydrogens is 466 g/mol. The summed E-state index contributed by atoms with van der Waals surface area (Å²) in [5.41, 5.74) is -2.77. The number of esters is 1. The van der Waals surface area contributed by atoms with E-state index in [-0.39, 0.29) is 11.1 Å². The van der Waals surface area contributed by atoms with Gasteiger partial charge in [0.15, 0.2) is 0 Å². The van der Waals surface area contributed by atoms with Gasteiger partial charge in [-0.05, 0) is 39.8 Å². The van der Waals surface area contributed by atoms with Crippen LogP contribution in [0.1, 0.15) is 59.8 Å². The van der Waals surface area contributed by atoms with E-state index in [1.54, 1.807) is 27.7 Å². The number of halogens is 3. The van der Waals surface area contributed by atoms with Crippen LogP contribution in [0.3, 0.4) is 0 Å². The first-order valence-electron chi connectivity index (χ1n) is 10.9. The van der Waals surface area contributed by atoms with Crippen LogP contribution in [0.15, 0.2) is 36.4 Å². The maximum Gasteiger partial charge on any atom is 0.468 e. The number of ether oxygens (including phenoxy) is 1. The molecule has 2 aromatic rings. The van der Waals surface area contributed by atoms with Gasteiger partial charge in [-0.15, -0.1) is 0 Å². The molecule has 2 aromatic carbocycles. The van der Waals surface area contributed by atoms with Gasteiger partial charge in [-0.3, -0.25) is 14.5 Å². The summed E-state index contributed by atoms with van der Waals surface area (Å²) in [6, 6.07) is 4.84. The number of benzene rings is 2. The lowest BCUT2D eigenvalue weighted by Gasteiger charge is -2.33. The summed E-state index contributed by atoms with van der Waals surface area (Å²) in [5.74, 6) is -8.45. The van der Waals surface area contributed by atoms with E-state index in [0.717, 1.165) is 7.11 Å². The molecule has 2 aliphatic rings. The Balaban J connectivity index is 1.94. The Bertz CT molecular complexity index is 1160. The number of methoxy groups -OCH3 is 1. The van der Waals surface area contributed by atoms with Gasteiger partial charge in [0.25, 0.3) is 11.8 Å². The molecule has 2 amide bonds. The fraction of sp³-hybridized carbons (Fsp3) is 0.375. The standard InChI is InChI=1S/C24H23BF3NO6/c1-23(2)24(3,4)35-25(34-23)18(17-15(27)10-12(26)11-16(17)28)19(22(32)33-5)29-20(30)13-8-6-7-9-14(13)21(29)31/h6-11,18-19H,1-5H3. The Morgan fingerprint density at radius 3 is 1.83 bits per heavy atom. The molecule has 0 radical (unpaired) electrons. The molecule has 7 nitrogen and oxygen atoms in total. The number of nitrogens with zero attached hydrogens (tertiary/aromatic N) is 1. The van der Waals surface area contributed by atoms with Crippen LogP contribution >= 0.6 is 0 Å². The molecule has 2 unspecified atom stereocenters. The first kappa shape index (κ1) is 24.9. The van der Waals surface area contributed by atoms with Crippen molar-refractivity contribution in [3.05, 3.63) is 70.5 Å². The lowest BCUT2D eigenvalue weighted by Crippen LogP contribution is -2.53. The van der Waals surface area contributed by atoms with E-state index in [9.17, 15) is 18.8 Å². The van der Waals surface area contributed by atoms with E-state index in [2.05, 4.69) is 0 Å². The van der Waals surface area contributed by atoms with E-state index in [1.807, 2.05) is 0 Å². The number of carbonyl (C=O) groups is 3. The molecule has 0 N–H and O–H groups in total. The van der Waals surface area contributed by atoms with Gasteiger partial charge in [-0.25, -0.2) is 18.0 Å². The Hall–Kier alpha value is -3.18. The molecule has 0 aromatic heterocycles. The Morgan fingerprint density at radius 2 is 1.40 bits per heavy atom. The molecule has 1 fully saturated rings. The van der Waals surface area contributed by atoms with Crippen molar-refractivity contribution in [1.29, 1.82) is 0 Å². The van der Waals surface area contributed by atoms with Crippen LogP contribution in [0.25, 0.3) is 0 Å². The Labute approximate surface area is 200 Å². The predicted molar refractivity (Wildman–Crippen MR) is 118 cm³/mol. The molecule has 11 heteroatoms. The van der Waals surface area contributed by atoms with Gasteiger partial charge in [0.1, 0.15) is 23.5 Å². The fourth-order valence-corrected chi connectivity index (χ4v) is 4.34. The zero-order chi connectivity index (χ0) is 25.9. The summed E-state index contributed by atoms with van der Waals surface area (Å²) in [6.07, 6.45) is 0. The molecule has 0 spiro atoms. The second-order valence-corrected chi connectivity index (χ2v) is 9.43. The van der Waals surface area contributed by atoms with Gasteiger partial charge in [-0.2, -0.15) is 0 Å². The predicted octanol–water partition coefficient (Wildman–Crippen LogP) is 3.66. The van der Waals surface area contributed by atoms with Crippen molar-refractivity contribution in [2.75, 3.05) is 7.11 Å². The summed E-state index contributed by atoms with van der Waals surface area (Å²) in [7, 11) is -0.505. The second kappa shape index (κ2) is 8.49. The minimum absolute atomic E-state index is 0.0131. The molecule has 0 saturated carbocycles. The summed E-state index contributed by atoms with van der Waals surface area (Å²) >= 11 is 0. The molecule has 4 rings (SSSR count). The number of carbonyl (C=O) groups excluding carboxylic acids is 3. The average molecular weight is 489 g/mol. The summed E-state index contributed by atoms with van der Waals surface area (Å²) in [6.45, 7) is 6.71. The number of hydrogen-bond acceptors (Lipinski definition) is 6. The molecule has 0 aliphatic carbocycles. The highest BCUT2D eigenvalue weighted by molar-refractivity contribution is 6.48. The van der Waals surface area contributed by atoms with Crippen molar-refractivity contribution in [1.82, 2.24) is 4.90 Å². The second-order valence-electron chi connectivity index (χ2n) is 9.43. The quantitative estimate of drug-likeness (QED) is 0.363. The summed E-state index contributed by atoms with van der Waals surface area (Å²) < 4.78 is 60.9. The van der Waals surface area contributed by atoms with E-state index >= 15 is 8.78 Å². The van der Waals surface area contributed by atoms with Crippen molar-refractivity contribution in [2.24, 2.45) is 0 Å². The van der Waals surface area contributed by atoms with Gasteiger partial charge in [0, 0.05) is 17.7 Å². The molecule has 2 heterocycles. The van der Waals surface area contributed by atoms with Crippen molar-refractivity contribution in [3.63, 3.8) is 0 Å². The van der Waals surface area contributed by atoms with Gasteiger partial charge < -0.3 is 14.0 Å². The fourth-order valence-electron chi connectivity index (χ4n) is 4.34. The van der Waals surface area contributed by atoms with Crippen molar-refractivity contribution in [3.8, 4) is 0 Å². The topological polar surface area (TPSA) is 82.1 Å². The smallest absolute Gasteiger partial charge is 0.467 e. The van der Waals surface area contributed by atoms with Crippen molar-refractivity contribution >= 4 is 24.9 Å². The first-order chi connectivity index (χ1) is 16.3. The molecular formula is C24H23BF3NO6. The average Bonchev–Trinajstić information content (AvgIpc) is 3.14. The number of rotatable bonds is 5. The molecule has 2 aliphatic heterocycles. The molecule has 2 atom stereocenters. The highest BCUT2D eigenvalue weighted by Gasteiger charge is 2.60. The first-order valence-corrected chi connectivity index (χ1v) is 10.9. The normalized spacial score (nSPS) is 20.1. The SMILES string of the molecule is COC(=O)C(C(B1OC(C)(C)C(C)(C)O1)c1c(F)cc(F)cc1F)N1C(=O)c2ccccc2C1=O. The van der Waals surface area contributed by atoms with Crippen LogP contribution < -0.4 is 0 Å². The number of hydrogen-bond donors (Lipinski definition) is 0. The van der Waals surface area contributed by atoms with Crippen LogP contribution in [-0.4, -0.2) is 54.2 Å². The van der Waals surface area contributed by atoms with Gasteiger partial charge in [0.05, 0.1) is 35.3 Å². The largest absolute Gasteiger partial charge is 0.468 e. The molecule has 184 valence electrons. The number of amides is 2. The van der Waals surface area contributed by atoms with Crippen LogP contribution in [0, 0.1) is 17.5 Å². The third kappa shape index (κ3) is 3.92. The van der Waals surface area contributed by atoms with Crippen LogP contribution in [0.2, 0.25) is 0 Å². The van der Waals surface area contributed by atoms with E-state index in [4.69, 9.17) is 14.0 Å². The van der Waals surface area contributed by atoms with Crippen LogP contribution in [0.4, 0.5) is 13.2 Å². The van der Waals surface area contributed by atoms with Crippen LogP contribution in [0.5, 0.6) is 0 Å². The summed E-state index contributed by atoms with van der Waals surface area (Å²) in [4.78, 5) is 40.3. The highest BCUT2D eigenvalue weighted by Crippen LogP contribution is 2.44.